The summed E-state index contributed by atoms with van der Waals surface area (Å²) in [4.78, 5) is 41.6. The van der Waals surface area contributed by atoms with E-state index in [1.54, 1.807) is 0 Å². The van der Waals surface area contributed by atoms with E-state index < -0.39 is 5.41 Å². The molecule has 0 fully saturated rings. The van der Waals surface area contributed by atoms with Gasteiger partial charge < -0.3 is 10.1 Å². The zero-order valence-corrected chi connectivity index (χ0v) is 18.4. The van der Waals surface area contributed by atoms with Crippen molar-refractivity contribution in [2.24, 2.45) is 5.92 Å². The summed E-state index contributed by atoms with van der Waals surface area (Å²) in [7, 11) is 1.48. The van der Waals surface area contributed by atoms with Crippen LogP contribution in [0.1, 0.15) is 58.8 Å². The van der Waals surface area contributed by atoms with Gasteiger partial charge in [0.2, 0.25) is 23.6 Å². The number of aromatic nitrogens is 4. The van der Waals surface area contributed by atoms with Gasteiger partial charge in [-0.1, -0.05) is 34.6 Å². The lowest BCUT2D eigenvalue weighted by molar-refractivity contribution is -0.118. The zero-order chi connectivity index (χ0) is 22.3. The molecule has 0 saturated carbocycles. The van der Waals surface area contributed by atoms with Gasteiger partial charge in [-0.15, -0.1) is 0 Å². The zero-order valence-electron chi connectivity index (χ0n) is 18.4. The van der Waals surface area contributed by atoms with Crippen LogP contribution >= 0.6 is 0 Å². The first-order valence-corrected chi connectivity index (χ1v) is 9.96. The summed E-state index contributed by atoms with van der Waals surface area (Å²) in [6.07, 6.45) is 4.06. The van der Waals surface area contributed by atoms with E-state index >= 15 is 0 Å². The number of nitrogens with one attached hydrogen (secondary N) is 2. The molecule has 2 rings (SSSR count). The van der Waals surface area contributed by atoms with Crippen LogP contribution in [0, 0.1) is 5.92 Å². The molecule has 0 aliphatic heterocycles. The maximum Gasteiger partial charge on any atom is 0.240 e. The molecule has 0 atom stereocenters. The highest BCUT2D eigenvalue weighted by Gasteiger charge is 2.28. The van der Waals surface area contributed by atoms with Crippen molar-refractivity contribution in [2.75, 3.05) is 17.7 Å². The fourth-order valence-corrected chi connectivity index (χ4v) is 2.88. The predicted octanol–water partition coefficient (Wildman–Crippen LogP) is 3.13. The van der Waals surface area contributed by atoms with Crippen molar-refractivity contribution in [3.63, 3.8) is 0 Å². The number of nitrogens with zero attached hydrogens (tertiary/aromatic N) is 4. The van der Waals surface area contributed by atoms with Crippen molar-refractivity contribution in [2.45, 2.75) is 59.3 Å². The lowest BCUT2D eigenvalue weighted by Crippen LogP contribution is -2.28. The third-order valence-corrected chi connectivity index (χ3v) is 4.43. The minimum absolute atomic E-state index is 0.129. The Balaban J connectivity index is 2.20. The number of carbonyl (C=O) groups excluding carboxylic acids is 2. The second-order valence-electron chi connectivity index (χ2n) is 8.12. The van der Waals surface area contributed by atoms with E-state index in [9.17, 15) is 9.59 Å². The van der Waals surface area contributed by atoms with Crippen molar-refractivity contribution in [3.05, 3.63) is 30.0 Å². The number of hydrogen-bond donors (Lipinski definition) is 2. The summed E-state index contributed by atoms with van der Waals surface area (Å²) in [5.41, 5.74) is 1.28. The first kappa shape index (κ1) is 23.2. The van der Waals surface area contributed by atoms with Crippen LogP contribution in [0.5, 0.6) is 5.88 Å². The highest BCUT2D eigenvalue weighted by molar-refractivity contribution is 5.92. The van der Waals surface area contributed by atoms with Gasteiger partial charge in [-0.05, 0) is 18.4 Å². The van der Waals surface area contributed by atoms with E-state index in [2.05, 4.69) is 30.6 Å². The van der Waals surface area contributed by atoms with Gasteiger partial charge in [0.1, 0.15) is 12.0 Å². The van der Waals surface area contributed by atoms with Gasteiger partial charge in [0, 0.05) is 24.0 Å². The molecule has 0 aliphatic rings. The fraction of sp³-hybridized carbons (Fsp3) is 0.524. The van der Waals surface area contributed by atoms with Crippen LogP contribution in [0.15, 0.2) is 18.6 Å². The second-order valence-corrected chi connectivity index (χ2v) is 8.12. The van der Waals surface area contributed by atoms with Gasteiger partial charge in [-0.2, -0.15) is 4.98 Å². The number of hydrogen-bond acceptors (Lipinski definition) is 7. The molecule has 0 aromatic carbocycles. The van der Waals surface area contributed by atoms with Gasteiger partial charge in [-0.25, -0.2) is 15.0 Å². The third kappa shape index (κ3) is 6.47. The van der Waals surface area contributed by atoms with E-state index in [0.717, 1.165) is 5.69 Å². The van der Waals surface area contributed by atoms with Crippen LogP contribution in [0.2, 0.25) is 0 Å². The largest absolute Gasteiger partial charge is 0.479 e. The van der Waals surface area contributed by atoms with Gasteiger partial charge in [0.25, 0.3) is 0 Å². The summed E-state index contributed by atoms with van der Waals surface area (Å²) < 4.78 is 5.14. The Labute approximate surface area is 177 Å². The Bertz CT molecular complexity index is 898. The maximum absolute atomic E-state index is 12.7. The van der Waals surface area contributed by atoms with E-state index in [0.29, 0.717) is 30.1 Å². The number of rotatable bonds is 9. The van der Waals surface area contributed by atoms with Crippen LogP contribution in [0.4, 0.5) is 11.6 Å². The van der Waals surface area contributed by atoms with Gasteiger partial charge in [-0.3, -0.25) is 14.9 Å². The average Bonchev–Trinajstić information content (AvgIpc) is 2.66. The van der Waals surface area contributed by atoms with Crippen molar-refractivity contribution >= 4 is 23.5 Å². The Kier molecular flexibility index (Phi) is 7.79. The minimum atomic E-state index is -0.600. The quantitative estimate of drug-likeness (QED) is 0.647. The molecule has 2 amide bonds. The number of anilines is 2. The number of aryl methyl sites for hydroxylation is 1. The first-order chi connectivity index (χ1) is 14.1. The molecule has 0 aliphatic carbocycles. The van der Waals surface area contributed by atoms with Crippen molar-refractivity contribution < 1.29 is 14.3 Å². The highest BCUT2D eigenvalue weighted by Crippen LogP contribution is 2.28. The van der Waals surface area contributed by atoms with Crippen LogP contribution in [-0.2, 0) is 21.4 Å². The fourth-order valence-electron chi connectivity index (χ4n) is 2.88. The normalized spacial score (nSPS) is 11.3. The molecular weight excluding hydrogens is 384 g/mol. The van der Waals surface area contributed by atoms with E-state index in [4.69, 9.17) is 4.74 Å². The standard InChI is InChI=1S/C21H30N6O3/c1-7-14-9-16(26-20(24-14)27-17(28)8-13(2)3)21(4,5)10-18(29)25-15-11-22-12-23-19(15)30-6/h9,11-13H,7-8,10H2,1-6H3,(H,25,29)(H,24,26,27,28). The molecule has 0 spiro atoms. The molecular formula is C21H30N6O3. The van der Waals surface area contributed by atoms with Crippen molar-refractivity contribution in [3.8, 4) is 5.88 Å². The van der Waals surface area contributed by atoms with E-state index in [1.165, 1.54) is 19.6 Å². The second kappa shape index (κ2) is 10.1. The summed E-state index contributed by atoms with van der Waals surface area (Å²) in [6.45, 7) is 9.78. The molecule has 0 saturated heterocycles. The molecule has 0 bridgehead atoms. The van der Waals surface area contributed by atoms with Crippen molar-refractivity contribution in [1.29, 1.82) is 0 Å². The molecule has 0 unspecified atom stereocenters. The van der Waals surface area contributed by atoms with E-state index in [-0.39, 0.29) is 30.1 Å². The van der Waals surface area contributed by atoms with Crippen LogP contribution in [-0.4, -0.2) is 38.9 Å². The molecule has 2 aromatic heterocycles. The summed E-state index contributed by atoms with van der Waals surface area (Å²) in [6, 6.07) is 1.87. The summed E-state index contributed by atoms with van der Waals surface area (Å²) in [5.74, 6) is 0.437. The van der Waals surface area contributed by atoms with Gasteiger partial charge in [0.15, 0.2) is 0 Å². The number of amides is 2. The lowest BCUT2D eigenvalue weighted by atomic mass is 9.84. The average molecular weight is 415 g/mol. The minimum Gasteiger partial charge on any atom is -0.479 e. The van der Waals surface area contributed by atoms with Crippen molar-refractivity contribution in [1.82, 2.24) is 19.9 Å². The SMILES string of the molecule is CCc1cc(C(C)(C)CC(=O)Nc2cncnc2OC)nc(NC(=O)CC(C)C)n1. The third-order valence-electron chi connectivity index (χ3n) is 4.43. The van der Waals surface area contributed by atoms with Crippen LogP contribution in [0.3, 0.4) is 0 Å². The van der Waals surface area contributed by atoms with Gasteiger partial charge in [0.05, 0.1) is 19.0 Å². The molecule has 2 N–H and O–H groups in total. The molecule has 2 heterocycles. The molecule has 9 nitrogen and oxygen atoms in total. The highest BCUT2D eigenvalue weighted by atomic mass is 16.5. The van der Waals surface area contributed by atoms with Gasteiger partial charge >= 0.3 is 0 Å². The molecule has 9 heteroatoms. The first-order valence-electron chi connectivity index (χ1n) is 9.96. The number of ether oxygens (including phenoxy) is 1. The van der Waals surface area contributed by atoms with Crippen LogP contribution in [0.25, 0.3) is 0 Å². The number of methoxy groups -OCH3 is 1. The molecule has 30 heavy (non-hydrogen) atoms. The lowest BCUT2D eigenvalue weighted by Gasteiger charge is -2.24. The van der Waals surface area contributed by atoms with Crippen LogP contribution < -0.4 is 15.4 Å². The monoisotopic (exact) mass is 414 g/mol. The Morgan fingerprint density at radius 3 is 2.53 bits per heavy atom. The summed E-state index contributed by atoms with van der Waals surface area (Å²) in [5, 5.41) is 5.56. The summed E-state index contributed by atoms with van der Waals surface area (Å²) >= 11 is 0. The smallest absolute Gasteiger partial charge is 0.240 e. The Morgan fingerprint density at radius 2 is 1.90 bits per heavy atom. The number of carbonyl (C=O) groups is 2. The topological polar surface area (TPSA) is 119 Å². The Hall–Kier alpha value is -3.10. The molecule has 2 aromatic rings. The molecule has 162 valence electrons. The Morgan fingerprint density at radius 1 is 1.17 bits per heavy atom. The maximum atomic E-state index is 12.7. The molecule has 0 radical (unpaired) electrons. The predicted molar refractivity (Wildman–Crippen MR) is 114 cm³/mol. The van der Waals surface area contributed by atoms with E-state index in [1.807, 2.05) is 40.7 Å².